The zero-order valence-electron chi connectivity index (χ0n) is 14.6. The maximum atomic E-state index is 12.2. The molecule has 0 saturated heterocycles. The summed E-state index contributed by atoms with van der Waals surface area (Å²) in [7, 11) is 0. The molecule has 2 aromatic carbocycles. The van der Waals surface area contributed by atoms with E-state index in [4.69, 9.17) is 16.4 Å². The zero-order chi connectivity index (χ0) is 19.4. The van der Waals surface area contributed by atoms with Crippen LogP contribution in [0.25, 0.3) is 10.9 Å². The molecule has 8 nitrogen and oxygen atoms in total. The second kappa shape index (κ2) is 7.96. The minimum Gasteiger partial charge on any atom is -0.372 e. The number of rotatable bonds is 5. The number of benzene rings is 2. The van der Waals surface area contributed by atoms with Crippen LogP contribution in [0.1, 0.15) is 11.1 Å². The van der Waals surface area contributed by atoms with Gasteiger partial charge in [0.25, 0.3) is 11.5 Å². The Kier molecular flexibility index (Phi) is 5.46. The van der Waals surface area contributed by atoms with E-state index in [1.54, 1.807) is 30.3 Å². The maximum Gasteiger partial charge on any atom is 0.280 e. The standard InChI is InChI=1S/C18H16ClN5O3/c1-11-7-12(2)17(14(19)8-11)21-16(25)9-20-27-10-24-18(26)13-5-3-4-6-15(13)22-23-24/h3-9H,10H2,1-2H3,(H,21,25)/b20-9+. The number of nitrogens with one attached hydrogen (secondary N) is 1. The van der Waals surface area contributed by atoms with Gasteiger partial charge in [-0.25, -0.2) is 0 Å². The molecule has 1 aromatic heterocycles. The highest BCUT2D eigenvalue weighted by Gasteiger charge is 2.08. The second-order valence-electron chi connectivity index (χ2n) is 5.83. The normalized spacial score (nSPS) is 11.1. The number of nitrogens with zero attached hydrogens (tertiary/aromatic N) is 4. The van der Waals surface area contributed by atoms with Gasteiger partial charge in [-0.3, -0.25) is 9.59 Å². The lowest BCUT2D eigenvalue weighted by Crippen LogP contribution is -2.25. The molecule has 0 unspecified atom stereocenters. The SMILES string of the molecule is Cc1cc(C)c(NC(=O)/C=N/OCn2nnc3ccccc3c2=O)c(Cl)c1. The number of hydrogen-bond acceptors (Lipinski definition) is 6. The number of aromatic nitrogens is 3. The van der Waals surface area contributed by atoms with E-state index in [9.17, 15) is 9.59 Å². The summed E-state index contributed by atoms with van der Waals surface area (Å²) in [6.07, 6.45) is 0.954. The number of oxime groups is 1. The molecule has 3 rings (SSSR count). The lowest BCUT2D eigenvalue weighted by atomic mass is 10.1. The average Bonchev–Trinajstić information content (AvgIpc) is 2.63. The van der Waals surface area contributed by atoms with Crippen LogP contribution in [0.2, 0.25) is 5.02 Å². The summed E-state index contributed by atoms with van der Waals surface area (Å²) < 4.78 is 1.01. The summed E-state index contributed by atoms with van der Waals surface area (Å²) in [5.41, 5.74) is 2.47. The van der Waals surface area contributed by atoms with Gasteiger partial charge in [0.05, 0.1) is 16.1 Å². The molecule has 0 fully saturated rings. The van der Waals surface area contributed by atoms with Crippen LogP contribution in [0.5, 0.6) is 0 Å². The molecular formula is C18H16ClN5O3. The molecule has 1 N–H and O–H groups in total. The second-order valence-corrected chi connectivity index (χ2v) is 6.24. The number of hydrogen-bond donors (Lipinski definition) is 1. The van der Waals surface area contributed by atoms with Gasteiger partial charge in [0, 0.05) is 0 Å². The molecule has 3 aromatic rings. The summed E-state index contributed by atoms with van der Waals surface area (Å²) in [6.45, 7) is 3.48. The number of anilines is 1. The highest BCUT2D eigenvalue weighted by atomic mass is 35.5. The first-order chi connectivity index (χ1) is 13.0. The predicted molar refractivity (Wildman–Crippen MR) is 103 cm³/mol. The van der Waals surface area contributed by atoms with Crippen LogP contribution in [0.3, 0.4) is 0 Å². The van der Waals surface area contributed by atoms with Crippen molar-refractivity contribution < 1.29 is 9.63 Å². The third kappa shape index (κ3) is 4.29. The molecule has 1 amide bonds. The summed E-state index contributed by atoms with van der Waals surface area (Å²) in [6, 6.07) is 10.5. The quantitative estimate of drug-likeness (QED) is 0.537. The van der Waals surface area contributed by atoms with Crippen LogP contribution >= 0.6 is 11.6 Å². The van der Waals surface area contributed by atoms with E-state index in [0.717, 1.165) is 22.0 Å². The molecule has 0 aliphatic rings. The third-order valence-corrected chi connectivity index (χ3v) is 4.03. The Morgan fingerprint density at radius 2 is 2.11 bits per heavy atom. The third-order valence-electron chi connectivity index (χ3n) is 3.73. The van der Waals surface area contributed by atoms with Crippen LogP contribution in [0.4, 0.5) is 5.69 Å². The first-order valence-electron chi connectivity index (χ1n) is 8.01. The lowest BCUT2D eigenvalue weighted by molar-refractivity contribution is -0.110. The molecule has 0 saturated carbocycles. The monoisotopic (exact) mass is 385 g/mol. The average molecular weight is 386 g/mol. The van der Waals surface area contributed by atoms with Crippen molar-refractivity contribution in [2.75, 3.05) is 5.32 Å². The van der Waals surface area contributed by atoms with Crippen molar-refractivity contribution in [3.05, 3.63) is 62.9 Å². The Labute approximate surface area is 159 Å². The van der Waals surface area contributed by atoms with Crippen molar-refractivity contribution in [2.24, 2.45) is 5.16 Å². The van der Waals surface area contributed by atoms with Crippen LogP contribution in [0.15, 0.2) is 46.3 Å². The van der Waals surface area contributed by atoms with E-state index in [1.165, 1.54) is 0 Å². The van der Waals surface area contributed by atoms with Gasteiger partial charge in [0.1, 0.15) is 11.7 Å². The number of carbonyl (C=O) groups is 1. The fourth-order valence-corrected chi connectivity index (χ4v) is 2.88. The molecule has 0 bridgehead atoms. The number of aryl methyl sites for hydroxylation is 2. The topological polar surface area (TPSA) is 98.5 Å². The summed E-state index contributed by atoms with van der Waals surface area (Å²) in [5.74, 6) is -0.513. The Balaban J connectivity index is 1.62. The van der Waals surface area contributed by atoms with Gasteiger partial charge in [-0.05, 0) is 43.2 Å². The molecule has 0 spiro atoms. The van der Waals surface area contributed by atoms with E-state index >= 15 is 0 Å². The molecule has 0 aliphatic heterocycles. The summed E-state index contributed by atoms with van der Waals surface area (Å²) in [4.78, 5) is 29.2. The van der Waals surface area contributed by atoms with E-state index < -0.39 is 5.91 Å². The van der Waals surface area contributed by atoms with Crippen LogP contribution in [-0.2, 0) is 16.4 Å². The molecule has 0 atom stereocenters. The Morgan fingerprint density at radius 1 is 1.33 bits per heavy atom. The van der Waals surface area contributed by atoms with Crippen LogP contribution in [-0.4, -0.2) is 27.1 Å². The van der Waals surface area contributed by atoms with E-state index in [0.29, 0.717) is 21.6 Å². The number of fused-ring (bicyclic) bond motifs is 1. The Bertz CT molecular complexity index is 1070. The van der Waals surface area contributed by atoms with Crippen molar-refractivity contribution in [3.8, 4) is 0 Å². The first-order valence-corrected chi connectivity index (χ1v) is 8.39. The van der Waals surface area contributed by atoms with Crippen molar-refractivity contribution in [1.29, 1.82) is 0 Å². The molecule has 0 radical (unpaired) electrons. The number of amides is 1. The fraction of sp³-hybridized carbons (Fsp3) is 0.167. The number of carbonyl (C=O) groups excluding carboxylic acids is 1. The summed E-state index contributed by atoms with van der Waals surface area (Å²) >= 11 is 6.14. The van der Waals surface area contributed by atoms with E-state index in [2.05, 4.69) is 20.8 Å². The minimum atomic E-state index is -0.513. The minimum absolute atomic E-state index is 0.273. The van der Waals surface area contributed by atoms with Gasteiger partial charge in [0.15, 0.2) is 0 Å². The highest BCUT2D eigenvalue weighted by molar-refractivity contribution is 6.37. The Morgan fingerprint density at radius 3 is 2.89 bits per heavy atom. The van der Waals surface area contributed by atoms with Crippen molar-refractivity contribution in [1.82, 2.24) is 15.0 Å². The van der Waals surface area contributed by atoms with Gasteiger partial charge in [0.2, 0.25) is 6.73 Å². The zero-order valence-corrected chi connectivity index (χ0v) is 15.4. The predicted octanol–water partition coefficient (Wildman–Crippen LogP) is 2.66. The van der Waals surface area contributed by atoms with Crippen LogP contribution < -0.4 is 10.9 Å². The molecule has 0 aliphatic carbocycles. The van der Waals surface area contributed by atoms with E-state index in [-0.39, 0.29) is 12.3 Å². The van der Waals surface area contributed by atoms with Crippen molar-refractivity contribution in [2.45, 2.75) is 20.6 Å². The van der Waals surface area contributed by atoms with Gasteiger partial charge in [-0.15, -0.1) is 5.10 Å². The Hall–Kier alpha value is -3.26. The van der Waals surface area contributed by atoms with Crippen LogP contribution in [0, 0.1) is 13.8 Å². The van der Waals surface area contributed by atoms with Gasteiger partial charge in [-0.2, -0.15) is 4.68 Å². The summed E-state index contributed by atoms with van der Waals surface area (Å²) in [5, 5.41) is 14.7. The lowest BCUT2D eigenvalue weighted by Gasteiger charge is -2.09. The highest BCUT2D eigenvalue weighted by Crippen LogP contribution is 2.27. The molecule has 138 valence electrons. The molecule has 1 heterocycles. The maximum absolute atomic E-state index is 12.2. The molecule has 27 heavy (non-hydrogen) atoms. The van der Waals surface area contributed by atoms with Crippen molar-refractivity contribution >= 4 is 40.3 Å². The molecule has 9 heteroatoms. The smallest absolute Gasteiger partial charge is 0.280 e. The van der Waals surface area contributed by atoms with E-state index in [1.807, 2.05) is 19.9 Å². The fourth-order valence-electron chi connectivity index (χ4n) is 2.51. The first kappa shape index (κ1) is 18.5. The van der Waals surface area contributed by atoms with Crippen molar-refractivity contribution in [3.63, 3.8) is 0 Å². The van der Waals surface area contributed by atoms with Gasteiger partial charge < -0.3 is 10.2 Å². The number of halogens is 1. The van der Waals surface area contributed by atoms with Gasteiger partial charge >= 0.3 is 0 Å². The largest absolute Gasteiger partial charge is 0.372 e. The molecular weight excluding hydrogens is 370 g/mol. The van der Waals surface area contributed by atoms with Gasteiger partial charge in [-0.1, -0.05) is 40.2 Å².